The number of halogens is 1. The van der Waals surface area contributed by atoms with E-state index in [9.17, 15) is 9.59 Å². The average Bonchev–Trinajstić information content (AvgIpc) is 2.35. The Balaban J connectivity index is 2.96. The van der Waals surface area contributed by atoms with Crippen molar-refractivity contribution in [2.75, 3.05) is 18.6 Å². The van der Waals surface area contributed by atoms with E-state index in [1.54, 1.807) is 0 Å². The minimum atomic E-state index is -1.16. The number of carbonyl (C=O) groups is 2. The summed E-state index contributed by atoms with van der Waals surface area (Å²) in [7, 11) is 1.47. The lowest BCUT2D eigenvalue weighted by Crippen LogP contribution is -2.27. The Hall–Kier alpha value is -2.01. The lowest BCUT2D eigenvalue weighted by Gasteiger charge is -2.17. The number of rotatable bonds is 4. The Morgan fingerprint density at radius 3 is 2.78 bits per heavy atom. The maximum absolute atomic E-state index is 11.5. The molecule has 0 atom stereocenters. The predicted octanol–water partition coefficient (Wildman–Crippen LogP) is 2.80. The number of anilines is 1. The van der Waals surface area contributed by atoms with Gasteiger partial charge in [-0.05, 0) is 18.2 Å². The highest BCUT2D eigenvalue weighted by molar-refractivity contribution is 6.33. The van der Waals surface area contributed by atoms with Crippen LogP contribution in [0.4, 0.5) is 10.5 Å². The lowest BCUT2D eigenvalue weighted by molar-refractivity contribution is 0.0697. The second kappa shape index (κ2) is 6.07. The van der Waals surface area contributed by atoms with E-state index in [1.165, 1.54) is 36.2 Å². The molecule has 0 radical (unpaired) electrons. The van der Waals surface area contributed by atoms with Gasteiger partial charge in [-0.1, -0.05) is 24.3 Å². The summed E-state index contributed by atoms with van der Waals surface area (Å²) in [6, 6.07) is 4.25. The van der Waals surface area contributed by atoms with Crippen molar-refractivity contribution in [3.05, 3.63) is 41.4 Å². The number of nitrogens with zero attached hydrogens (tertiary/aromatic N) is 1. The summed E-state index contributed by atoms with van der Waals surface area (Å²) in [6.07, 6.45) is 0.838. The smallest absolute Gasteiger partial charge is 0.414 e. The van der Waals surface area contributed by atoms with Gasteiger partial charge in [-0.15, -0.1) is 0 Å². The monoisotopic (exact) mass is 269 g/mol. The number of hydrogen-bond donors (Lipinski definition) is 1. The van der Waals surface area contributed by atoms with Crippen LogP contribution in [0.15, 0.2) is 30.9 Å². The Kier molecular flexibility index (Phi) is 4.74. The van der Waals surface area contributed by atoms with Gasteiger partial charge in [0.1, 0.15) is 6.61 Å². The minimum absolute atomic E-state index is 0.0717. The molecule has 0 saturated carbocycles. The van der Waals surface area contributed by atoms with E-state index in [4.69, 9.17) is 21.4 Å². The SMILES string of the molecule is C=CCOC(=O)N(C)c1ccc(Cl)c(C(=O)O)c1. The van der Waals surface area contributed by atoms with Gasteiger partial charge in [0, 0.05) is 12.7 Å². The summed E-state index contributed by atoms with van der Waals surface area (Å²) in [5.74, 6) is -1.16. The third-order valence-corrected chi connectivity index (χ3v) is 2.50. The quantitative estimate of drug-likeness (QED) is 0.854. The average molecular weight is 270 g/mol. The van der Waals surface area contributed by atoms with Crippen LogP contribution in [0.25, 0.3) is 0 Å². The van der Waals surface area contributed by atoms with Gasteiger partial charge in [-0.2, -0.15) is 0 Å². The highest BCUT2D eigenvalue weighted by Gasteiger charge is 2.15. The molecule has 0 aliphatic rings. The summed E-state index contributed by atoms with van der Waals surface area (Å²) in [5.41, 5.74) is 0.309. The van der Waals surface area contributed by atoms with E-state index >= 15 is 0 Å². The Bertz CT molecular complexity index is 487. The zero-order chi connectivity index (χ0) is 13.7. The largest absolute Gasteiger partial charge is 0.478 e. The van der Waals surface area contributed by atoms with E-state index in [-0.39, 0.29) is 17.2 Å². The molecule has 0 heterocycles. The number of amides is 1. The number of carboxylic acids is 1. The number of hydrogen-bond acceptors (Lipinski definition) is 3. The first-order valence-electron chi connectivity index (χ1n) is 5.01. The van der Waals surface area contributed by atoms with E-state index in [2.05, 4.69) is 6.58 Å². The van der Waals surface area contributed by atoms with Crippen LogP contribution >= 0.6 is 11.6 Å². The first-order chi connectivity index (χ1) is 8.47. The van der Waals surface area contributed by atoms with E-state index in [1.807, 2.05) is 0 Å². The molecular weight excluding hydrogens is 258 g/mol. The van der Waals surface area contributed by atoms with Gasteiger partial charge in [0.25, 0.3) is 0 Å². The topological polar surface area (TPSA) is 66.8 Å². The fourth-order valence-corrected chi connectivity index (χ4v) is 1.42. The molecule has 0 aliphatic heterocycles. The Morgan fingerprint density at radius 2 is 2.22 bits per heavy atom. The maximum Gasteiger partial charge on any atom is 0.414 e. The van der Waals surface area contributed by atoms with Gasteiger partial charge in [0.2, 0.25) is 0 Å². The number of aromatic carboxylic acids is 1. The third kappa shape index (κ3) is 3.24. The van der Waals surface area contributed by atoms with Crippen LogP contribution in [0.1, 0.15) is 10.4 Å². The van der Waals surface area contributed by atoms with Crippen molar-refractivity contribution in [3.63, 3.8) is 0 Å². The molecule has 0 fully saturated rings. The maximum atomic E-state index is 11.5. The molecule has 1 N–H and O–H groups in total. The van der Waals surface area contributed by atoms with Crippen molar-refractivity contribution in [2.24, 2.45) is 0 Å². The van der Waals surface area contributed by atoms with Crippen molar-refractivity contribution in [1.29, 1.82) is 0 Å². The van der Waals surface area contributed by atoms with Crippen molar-refractivity contribution in [2.45, 2.75) is 0 Å². The second-order valence-corrected chi connectivity index (χ2v) is 3.80. The van der Waals surface area contributed by atoms with Crippen molar-refractivity contribution < 1.29 is 19.4 Å². The standard InChI is InChI=1S/C12H12ClNO4/c1-3-6-18-12(17)14(2)8-4-5-10(13)9(7-8)11(15)16/h3-5,7H,1,6H2,2H3,(H,15,16). The van der Waals surface area contributed by atoms with Gasteiger partial charge in [0.05, 0.1) is 10.6 Å². The number of ether oxygens (including phenoxy) is 1. The first kappa shape index (κ1) is 14.1. The van der Waals surface area contributed by atoms with Gasteiger partial charge in [0.15, 0.2) is 0 Å². The summed E-state index contributed by atoms with van der Waals surface area (Å²) in [5, 5.41) is 9.03. The molecule has 1 aromatic rings. The molecule has 1 amide bonds. The molecule has 96 valence electrons. The highest BCUT2D eigenvalue weighted by atomic mass is 35.5. The molecule has 0 bridgehead atoms. The molecule has 6 heteroatoms. The van der Waals surface area contributed by atoms with Gasteiger partial charge in [-0.3, -0.25) is 4.90 Å². The van der Waals surface area contributed by atoms with Crippen molar-refractivity contribution in [3.8, 4) is 0 Å². The number of carbonyl (C=O) groups excluding carboxylic acids is 1. The van der Waals surface area contributed by atoms with Gasteiger partial charge >= 0.3 is 12.1 Å². The molecular formula is C12H12ClNO4. The molecule has 0 unspecified atom stereocenters. The lowest BCUT2D eigenvalue weighted by atomic mass is 10.2. The highest BCUT2D eigenvalue weighted by Crippen LogP contribution is 2.23. The molecule has 0 saturated heterocycles. The second-order valence-electron chi connectivity index (χ2n) is 3.39. The Labute approximate surface area is 109 Å². The van der Waals surface area contributed by atoms with Crippen LogP contribution in [0, 0.1) is 0 Å². The van der Waals surface area contributed by atoms with Crippen LogP contribution < -0.4 is 4.90 Å². The van der Waals surface area contributed by atoms with Gasteiger partial charge < -0.3 is 9.84 Å². The number of carboxylic acid groups (broad SMARTS) is 1. The molecule has 1 rings (SSSR count). The fraction of sp³-hybridized carbons (Fsp3) is 0.167. The molecule has 1 aromatic carbocycles. The van der Waals surface area contributed by atoms with Crippen LogP contribution in [-0.2, 0) is 4.74 Å². The summed E-state index contributed by atoms with van der Waals surface area (Å²) < 4.78 is 4.83. The van der Waals surface area contributed by atoms with E-state index in [0.29, 0.717) is 5.69 Å². The van der Waals surface area contributed by atoms with Crippen LogP contribution in [0.5, 0.6) is 0 Å². The van der Waals surface area contributed by atoms with Crippen LogP contribution in [0.3, 0.4) is 0 Å². The zero-order valence-corrected chi connectivity index (χ0v) is 10.5. The third-order valence-electron chi connectivity index (χ3n) is 2.17. The van der Waals surface area contributed by atoms with Crippen LogP contribution in [0.2, 0.25) is 5.02 Å². The van der Waals surface area contributed by atoms with Gasteiger partial charge in [-0.25, -0.2) is 9.59 Å². The predicted molar refractivity (Wildman–Crippen MR) is 68.4 cm³/mol. The zero-order valence-electron chi connectivity index (χ0n) is 9.72. The summed E-state index contributed by atoms with van der Waals surface area (Å²) in [6.45, 7) is 3.51. The fourth-order valence-electron chi connectivity index (χ4n) is 1.22. The Morgan fingerprint density at radius 1 is 1.56 bits per heavy atom. The van der Waals surface area contributed by atoms with Crippen LogP contribution in [-0.4, -0.2) is 30.8 Å². The first-order valence-corrected chi connectivity index (χ1v) is 5.39. The normalized spacial score (nSPS) is 9.67. The molecule has 0 aromatic heterocycles. The van der Waals surface area contributed by atoms with E-state index in [0.717, 1.165) is 0 Å². The minimum Gasteiger partial charge on any atom is -0.478 e. The van der Waals surface area contributed by atoms with Crippen molar-refractivity contribution in [1.82, 2.24) is 0 Å². The molecule has 5 nitrogen and oxygen atoms in total. The van der Waals surface area contributed by atoms with E-state index < -0.39 is 12.1 Å². The summed E-state index contributed by atoms with van der Waals surface area (Å²) >= 11 is 5.73. The molecule has 0 spiro atoms. The summed E-state index contributed by atoms with van der Waals surface area (Å²) in [4.78, 5) is 23.6. The van der Waals surface area contributed by atoms with Crippen molar-refractivity contribution >= 4 is 29.4 Å². The number of benzene rings is 1. The molecule has 0 aliphatic carbocycles. The molecule has 18 heavy (non-hydrogen) atoms.